The van der Waals surface area contributed by atoms with Gasteiger partial charge in [0.25, 0.3) is 0 Å². The Labute approximate surface area is 216 Å². The molecule has 2 rings (SSSR count). The number of aryl methyl sites for hydroxylation is 1. The van der Waals surface area contributed by atoms with Gasteiger partial charge in [0.15, 0.2) is 6.79 Å². The Hall–Kier alpha value is -1.72. The van der Waals surface area contributed by atoms with Crippen LogP contribution in [0.5, 0.6) is 5.75 Å². The standard InChI is InChI=1S/C24H38ClN3O6S/c1-15-9-20(33-14-32-8)17(10-18(15)25)19(27-35(31)24(5,6)7)11-26-21(29)16-12-28(13-16)22(30)34-23(2,3)4/h9-10,16,19,27H,11-14H2,1-8H3,(H,26,29)/t19-,35?/m1/s1. The van der Waals surface area contributed by atoms with E-state index >= 15 is 0 Å². The van der Waals surface area contributed by atoms with Crippen LogP contribution in [0, 0.1) is 12.8 Å². The third-order valence-electron chi connectivity index (χ3n) is 5.19. The van der Waals surface area contributed by atoms with Crippen molar-refractivity contribution in [1.82, 2.24) is 14.9 Å². The summed E-state index contributed by atoms with van der Waals surface area (Å²) in [4.78, 5) is 26.5. The Morgan fingerprint density at radius 1 is 1.23 bits per heavy atom. The Morgan fingerprint density at radius 3 is 2.40 bits per heavy atom. The van der Waals surface area contributed by atoms with E-state index in [0.29, 0.717) is 16.3 Å². The minimum atomic E-state index is -1.43. The number of amides is 2. The average Bonchev–Trinajstić information content (AvgIpc) is 2.68. The third-order valence-corrected chi connectivity index (χ3v) is 7.21. The van der Waals surface area contributed by atoms with Crippen molar-refractivity contribution in [2.75, 3.05) is 33.5 Å². The van der Waals surface area contributed by atoms with E-state index in [-0.39, 0.29) is 38.3 Å². The maximum Gasteiger partial charge on any atom is 0.410 e. The molecule has 1 aromatic carbocycles. The molecule has 0 aliphatic carbocycles. The topological polar surface area (TPSA) is 112 Å². The third kappa shape index (κ3) is 8.71. The maximum absolute atomic E-state index is 12.9. The van der Waals surface area contributed by atoms with Gasteiger partial charge in [-0.3, -0.25) is 4.79 Å². The first-order valence-corrected chi connectivity index (χ1v) is 13.0. The summed E-state index contributed by atoms with van der Waals surface area (Å²) in [5.74, 6) is -0.0241. The molecule has 1 saturated heterocycles. The molecule has 2 atom stereocenters. The molecule has 1 aliphatic rings. The van der Waals surface area contributed by atoms with Crippen molar-refractivity contribution < 1.29 is 28.4 Å². The molecule has 1 fully saturated rings. The van der Waals surface area contributed by atoms with Gasteiger partial charge in [0.1, 0.15) is 16.1 Å². The zero-order valence-corrected chi connectivity index (χ0v) is 23.4. The van der Waals surface area contributed by atoms with Crippen LogP contribution in [0.4, 0.5) is 4.79 Å². The molecule has 0 aromatic heterocycles. The smallest absolute Gasteiger partial charge is 0.410 e. The minimum absolute atomic E-state index is 0.0259. The van der Waals surface area contributed by atoms with E-state index in [4.69, 9.17) is 25.8 Å². The van der Waals surface area contributed by atoms with Crippen molar-refractivity contribution in [3.63, 3.8) is 0 Å². The van der Waals surface area contributed by atoms with Crippen molar-refractivity contribution in [1.29, 1.82) is 0 Å². The van der Waals surface area contributed by atoms with Crippen LogP contribution in [0.2, 0.25) is 5.02 Å². The second-order valence-corrected chi connectivity index (χ2v) is 13.0. The molecule has 1 heterocycles. The van der Waals surface area contributed by atoms with Gasteiger partial charge in [0.2, 0.25) is 5.91 Å². The molecule has 0 spiro atoms. The highest BCUT2D eigenvalue weighted by atomic mass is 35.5. The van der Waals surface area contributed by atoms with Crippen molar-refractivity contribution in [2.45, 2.75) is 64.9 Å². The van der Waals surface area contributed by atoms with Gasteiger partial charge in [0, 0.05) is 48.7 Å². The van der Waals surface area contributed by atoms with E-state index in [2.05, 4.69) is 10.0 Å². The van der Waals surface area contributed by atoms with Gasteiger partial charge >= 0.3 is 6.09 Å². The van der Waals surface area contributed by atoms with Crippen LogP contribution in [0.25, 0.3) is 0 Å². The summed E-state index contributed by atoms with van der Waals surface area (Å²) in [7, 11) is 1.52. The second kappa shape index (κ2) is 12.0. The molecule has 0 saturated carbocycles. The predicted molar refractivity (Wildman–Crippen MR) is 137 cm³/mol. The Morgan fingerprint density at radius 2 is 1.86 bits per heavy atom. The lowest BCUT2D eigenvalue weighted by molar-refractivity contribution is -0.129. The monoisotopic (exact) mass is 531 g/mol. The van der Waals surface area contributed by atoms with Crippen molar-refractivity contribution in [2.24, 2.45) is 5.92 Å². The lowest BCUT2D eigenvalue weighted by atomic mass is 9.99. The van der Waals surface area contributed by atoms with Crippen molar-refractivity contribution >= 4 is 35.0 Å². The number of nitrogens with zero attached hydrogens (tertiary/aromatic N) is 1. The summed E-state index contributed by atoms with van der Waals surface area (Å²) in [6, 6.07) is 2.99. The summed E-state index contributed by atoms with van der Waals surface area (Å²) in [6.07, 6.45) is -0.434. The Bertz CT molecular complexity index is 896. The highest BCUT2D eigenvalue weighted by Crippen LogP contribution is 2.33. The van der Waals surface area contributed by atoms with Crippen LogP contribution in [-0.4, -0.2) is 65.3 Å². The summed E-state index contributed by atoms with van der Waals surface area (Å²) in [5, 5.41) is 3.45. The molecule has 1 unspecified atom stereocenters. The zero-order chi connectivity index (χ0) is 26.6. The van der Waals surface area contributed by atoms with Crippen molar-refractivity contribution in [3.8, 4) is 5.75 Å². The summed E-state index contributed by atoms with van der Waals surface area (Å²) >= 11 is 4.97. The van der Waals surface area contributed by atoms with Gasteiger partial charge in [-0.1, -0.05) is 11.6 Å². The van der Waals surface area contributed by atoms with Crippen LogP contribution in [-0.2, 0) is 25.6 Å². The molecule has 198 valence electrons. The normalized spacial score (nSPS) is 16.3. The lowest BCUT2D eigenvalue weighted by Crippen LogP contribution is -2.57. The first kappa shape index (κ1) is 29.5. The fourth-order valence-electron chi connectivity index (χ4n) is 3.18. The average molecular weight is 532 g/mol. The molecule has 0 bridgehead atoms. The highest BCUT2D eigenvalue weighted by Gasteiger charge is 2.38. The van der Waals surface area contributed by atoms with Gasteiger partial charge in [0.05, 0.1) is 12.0 Å². The van der Waals surface area contributed by atoms with E-state index < -0.39 is 33.8 Å². The first-order valence-electron chi connectivity index (χ1n) is 11.5. The van der Waals surface area contributed by atoms with Crippen LogP contribution in [0.15, 0.2) is 12.1 Å². The molecule has 11 heteroatoms. The number of carbonyl (C=O) groups is 2. The zero-order valence-electron chi connectivity index (χ0n) is 21.8. The number of halogens is 1. The number of rotatable bonds is 9. The molecule has 2 N–H and O–H groups in total. The largest absolute Gasteiger partial charge is 0.598 e. The summed E-state index contributed by atoms with van der Waals surface area (Å²) < 4.78 is 31.7. The van der Waals surface area contributed by atoms with Gasteiger partial charge in [-0.25, -0.2) is 4.79 Å². The van der Waals surface area contributed by atoms with Crippen LogP contribution in [0.1, 0.15) is 58.7 Å². The summed E-state index contributed by atoms with van der Waals surface area (Å²) in [5.41, 5.74) is 0.877. The fraction of sp³-hybridized carbons (Fsp3) is 0.667. The van der Waals surface area contributed by atoms with E-state index in [9.17, 15) is 14.1 Å². The second-order valence-electron chi connectivity index (χ2n) is 10.6. The predicted octanol–water partition coefficient (Wildman–Crippen LogP) is 3.71. The number of carbonyl (C=O) groups excluding carboxylic acids is 2. The number of likely N-dealkylation sites (tertiary alicyclic amines) is 1. The minimum Gasteiger partial charge on any atom is -0.598 e. The van der Waals surface area contributed by atoms with Crippen LogP contribution >= 0.6 is 11.6 Å². The highest BCUT2D eigenvalue weighted by molar-refractivity contribution is 7.90. The molecular weight excluding hydrogens is 494 g/mol. The number of ether oxygens (including phenoxy) is 3. The number of nitrogens with one attached hydrogen (secondary N) is 2. The van der Waals surface area contributed by atoms with E-state index in [1.807, 2.05) is 27.7 Å². The molecule has 2 amide bonds. The number of hydrogen-bond donors (Lipinski definition) is 2. The maximum atomic E-state index is 12.9. The molecular formula is C24H38ClN3O6S. The molecule has 0 radical (unpaired) electrons. The van der Waals surface area contributed by atoms with Gasteiger partial charge in [-0.2, -0.15) is 0 Å². The fourth-order valence-corrected chi connectivity index (χ4v) is 4.17. The Kier molecular flexibility index (Phi) is 10.1. The lowest BCUT2D eigenvalue weighted by Gasteiger charge is -2.39. The van der Waals surface area contributed by atoms with Crippen LogP contribution in [0.3, 0.4) is 0 Å². The van der Waals surface area contributed by atoms with Gasteiger partial charge < -0.3 is 29.0 Å². The quantitative estimate of drug-likeness (QED) is 0.369. The van der Waals surface area contributed by atoms with E-state index in [1.54, 1.807) is 32.9 Å². The SMILES string of the molecule is COCOc1cc(C)c(Cl)cc1[C@@H](CNC(=O)C1CN(C(=O)OC(C)(C)C)C1)N[S+]([O-])C(C)(C)C. The van der Waals surface area contributed by atoms with Crippen molar-refractivity contribution in [3.05, 3.63) is 28.3 Å². The molecule has 1 aromatic rings. The molecule has 35 heavy (non-hydrogen) atoms. The van der Waals surface area contributed by atoms with E-state index in [0.717, 1.165) is 5.56 Å². The number of hydrogen-bond acceptors (Lipinski definition) is 7. The summed E-state index contributed by atoms with van der Waals surface area (Å²) in [6.45, 7) is 13.6. The first-order chi connectivity index (χ1) is 16.1. The van der Waals surface area contributed by atoms with Gasteiger partial charge in [-0.15, -0.1) is 4.72 Å². The Balaban J connectivity index is 2.13. The van der Waals surface area contributed by atoms with Crippen LogP contribution < -0.4 is 14.8 Å². The van der Waals surface area contributed by atoms with E-state index in [1.165, 1.54) is 12.0 Å². The number of methoxy groups -OCH3 is 1. The number of benzene rings is 1. The molecule has 9 nitrogen and oxygen atoms in total. The van der Waals surface area contributed by atoms with Gasteiger partial charge in [-0.05, 0) is 66.2 Å². The molecule has 1 aliphatic heterocycles.